The Morgan fingerprint density at radius 3 is 2.61 bits per heavy atom. The molecule has 1 atom stereocenters. The van der Waals surface area contributed by atoms with Crippen LogP contribution in [0.1, 0.15) is 17.8 Å². The normalized spacial score (nSPS) is 20.4. The highest BCUT2D eigenvalue weighted by atomic mass is 35.5. The Morgan fingerprint density at radius 2 is 1.96 bits per heavy atom. The number of hydrogen-bond donors (Lipinski definition) is 1. The first-order valence-electron chi connectivity index (χ1n) is 9.03. The van der Waals surface area contributed by atoms with E-state index in [2.05, 4.69) is 5.32 Å². The molecule has 1 aromatic heterocycles. The van der Waals surface area contributed by atoms with Gasteiger partial charge >= 0.3 is 0 Å². The van der Waals surface area contributed by atoms with Crippen molar-refractivity contribution in [3.8, 4) is 0 Å². The molecule has 2 aromatic rings. The number of halogens is 1. The van der Waals surface area contributed by atoms with Gasteiger partial charge in [0.05, 0.1) is 24.8 Å². The monoisotopic (exact) mass is 433 g/mol. The fraction of sp³-hybridized carbons (Fsp3) is 0.300. The van der Waals surface area contributed by atoms with Crippen LogP contribution >= 0.6 is 35.2 Å². The summed E-state index contributed by atoms with van der Waals surface area (Å²) in [5.74, 6) is 0.0214. The topological polar surface area (TPSA) is 44.8 Å². The molecular weight excluding hydrogens is 414 g/mol. The number of morpholine rings is 1. The zero-order valence-corrected chi connectivity index (χ0v) is 17.7. The van der Waals surface area contributed by atoms with Crippen LogP contribution in [0.3, 0.4) is 0 Å². The lowest BCUT2D eigenvalue weighted by atomic mass is 9.98. The van der Waals surface area contributed by atoms with E-state index in [9.17, 15) is 4.79 Å². The highest BCUT2D eigenvalue weighted by Crippen LogP contribution is 2.36. The van der Waals surface area contributed by atoms with Crippen LogP contribution in [-0.2, 0) is 9.53 Å². The number of benzene rings is 1. The van der Waals surface area contributed by atoms with Crippen LogP contribution < -0.4 is 10.2 Å². The fourth-order valence-corrected chi connectivity index (χ4v) is 4.80. The lowest BCUT2D eigenvalue weighted by Gasteiger charge is -2.39. The molecule has 1 fully saturated rings. The van der Waals surface area contributed by atoms with E-state index in [1.165, 1.54) is 0 Å². The maximum absolute atomic E-state index is 13.5. The van der Waals surface area contributed by atoms with Crippen LogP contribution in [0.5, 0.6) is 0 Å². The van der Waals surface area contributed by atoms with Crippen LogP contribution in [-0.4, -0.2) is 42.2 Å². The summed E-state index contributed by atoms with van der Waals surface area (Å²) in [7, 11) is 0. The predicted octanol–water partition coefficient (Wildman–Crippen LogP) is 3.97. The van der Waals surface area contributed by atoms with Gasteiger partial charge in [-0.2, -0.15) is 0 Å². The van der Waals surface area contributed by atoms with Crippen molar-refractivity contribution in [2.75, 3.05) is 31.2 Å². The molecule has 0 radical (unpaired) electrons. The molecule has 0 aliphatic carbocycles. The van der Waals surface area contributed by atoms with Crippen molar-refractivity contribution in [3.05, 3.63) is 62.9 Å². The van der Waals surface area contributed by atoms with Crippen molar-refractivity contribution < 1.29 is 9.53 Å². The van der Waals surface area contributed by atoms with Crippen molar-refractivity contribution in [2.24, 2.45) is 0 Å². The average Bonchev–Trinajstić information content (AvgIpc) is 3.24. The number of hydrogen-bond acceptors (Lipinski definition) is 4. The van der Waals surface area contributed by atoms with E-state index in [0.29, 0.717) is 42.0 Å². The fourth-order valence-electron chi connectivity index (χ4n) is 3.53. The number of anilines is 1. The second kappa shape index (κ2) is 8.21. The van der Waals surface area contributed by atoms with Gasteiger partial charge in [0.15, 0.2) is 5.11 Å². The molecule has 1 N–H and O–H groups in total. The Bertz CT molecular complexity index is 906. The lowest BCUT2D eigenvalue weighted by molar-refractivity contribution is -0.131. The summed E-state index contributed by atoms with van der Waals surface area (Å²) in [6.07, 6.45) is 0. The number of nitrogens with zero attached hydrogens (tertiary/aromatic N) is 2. The number of amides is 1. The average molecular weight is 434 g/mol. The van der Waals surface area contributed by atoms with Gasteiger partial charge in [0, 0.05) is 34.4 Å². The van der Waals surface area contributed by atoms with E-state index in [0.717, 1.165) is 16.3 Å². The van der Waals surface area contributed by atoms with Gasteiger partial charge in [0.25, 0.3) is 5.91 Å². The van der Waals surface area contributed by atoms with Crippen molar-refractivity contribution >= 4 is 51.9 Å². The molecule has 8 heteroatoms. The summed E-state index contributed by atoms with van der Waals surface area (Å²) in [5, 5.41) is 6.61. The Labute approximate surface area is 178 Å². The van der Waals surface area contributed by atoms with E-state index in [1.54, 1.807) is 11.3 Å². The number of thiophene rings is 1. The predicted molar refractivity (Wildman–Crippen MR) is 117 cm³/mol. The third-order valence-corrected chi connectivity index (χ3v) is 6.42. The van der Waals surface area contributed by atoms with Gasteiger partial charge in [-0.1, -0.05) is 17.7 Å². The minimum absolute atomic E-state index is 0.0214. The molecule has 146 valence electrons. The Morgan fingerprint density at radius 1 is 1.25 bits per heavy atom. The van der Waals surface area contributed by atoms with Crippen molar-refractivity contribution in [1.82, 2.24) is 10.2 Å². The van der Waals surface area contributed by atoms with Crippen molar-refractivity contribution in [2.45, 2.75) is 13.0 Å². The zero-order valence-electron chi connectivity index (χ0n) is 15.4. The molecule has 2 aliphatic heterocycles. The lowest BCUT2D eigenvalue weighted by Crippen LogP contribution is -2.51. The van der Waals surface area contributed by atoms with Crippen LogP contribution in [0.4, 0.5) is 5.69 Å². The quantitative estimate of drug-likeness (QED) is 0.742. The highest BCUT2D eigenvalue weighted by molar-refractivity contribution is 7.80. The molecule has 1 amide bonds. The van der Waals surface area contributed by atoms with Gasteiger partial charge in [-0.05, 0) is 54.9 Å². The largest absolute Gasteiger partial charge is 0.378 e. The Hall–Kier alpha value is -1.93. The van der Waals surface area contributed by atoms with Crippen LogP contribution in [0.15, 0.2) is 53.0 Å². The molecule has 0 spiro atoms. The van der Waals surface area contributed by atoms with Crippen molar-refractivity contribution in [1.29, 1.82) is 0 Å². The number of allylic oxidation sites excluding steroid dienone is 1. The number of rotatable bonds is 3. The van der Waals surface area contributed by atoms with E-state index in [1.807, 2.05) is 58.5 Å². The first-order chi connectivity index (χ1) is 13.6. The first-order valence-corrected chi connectivity index (χ1v) is 10.7. The second-order valence-corrected chi connectivity index (χ2v) is 8.42. The summed E-state index contributed by atoms with van der Waals surface area (Å²) in [5.41, 5.74) is 2.42. The van der Waals surface area contributed by atoms with E-state index < -0.39 is 0 Å². The number of nitrogens with one attached hydrogen (secondary N) is 1. The van der Waals surface area contributed by atoms with Crippen LogP contribution in [0, 0.1) is 0 Å². The van der Waals surface area contributed by atoms with Gasteiger partial charge in [-0.15, -0.1) is 11.3 Å². The van der Waals surface area contributed by atoms with E-state index >= 15 is 0 Å². The molecule has 4 rings (SSSR count). The van der Waals surface area contributed by atoms with Crippen LogP contribution in [0.2, 0.25) is 5.02 Å². The summed E-state index contributed by atoms with van der Waals surface area (Å²) in [6.45, 7) is 4.27. The zero-order chi connectivity index (χ0) is 19.7. The SMILES string of the molecule is CC1=C(C(=O)N2CCOCC2)[C@@H](c2cccs2)NC(=S)N1c1ccc(Cl)cc1. The second-order valence-electron chi connectivity index (χ2n) is 6.61. The van der Waals surface area contributed by atoms with Gasteiger partial charge in [-0.25, -0.2) is 0 Å². The summed E-state index contributed by atoms with van der Waals surface area (Å²) < 4.78 is 5.41. The minimum Gasteiger partial charge on any atom is -0.378 e. The number of carbonyl (C=O) groups excluding carboxylic acids is 1. The molecule has 0 bridgehead atoms. The molecule has 3 heterocycles. The maximum Gasteiger partial charge on any atom is 0.254 e. The Kier molecular flexibility index (Phi) is 5.68. The molecule has 1 aromatic carbocycles. The van der Waals surface area contributed by atoms with Gasteiger partial charge < -0.3 is 15.0 Å². The summed E-state index contributed by atoms with van der Waals surface area (Å²) in [6, 6.07) is 11.2. The Balaban J connectivity index is 1.79. The number of ether oxygens (including phenoxy) is 1. The standard InChI is InChI=1S/C20H20ClN3O2S2/c1-13-17(19(25)23-8-10-26-11-9-23)18(16-3-2-12-28-16)22-20(27)24(13)15-6-4-14(21)5-7-15/h2-7,12,18H,8-11H2,1H3,(H,22,27)/t18-/m1/s1. The van der Waals surface area contributed by atoms with Gasteiger partial charge in [0.1, 0.15) is 0 Å². The molecule has 1 saturated heterocycles. The van der Waals surface area contributed by atoms with Crippen LogP contribution in [0.25, 0.3) is 0 Å². The molecule has 0 saturated carbocycles. The third kappa shape index (κ3) is 3.67. The smallest absolute Gasteiger partial charge is 0.254 e. The highest BCUT2D eigenvalue weighted by Gasteiger charge is 2.37. The minimum atomic E-state index is -0.258. The van der Waals surface area contributed by atoms with Gasteiger partial charge in [-0.3, -0.25) is 9.69 Å². The van der Waals surface area contributed by atoms with E-state index in [-0.39, 0.29) is 11.9 Å². The van der Waals surface area contributed by atoms with Gasteiger partial charge in [0.2, 0.25) is 0 Å². The maximum atomic E-state index is 13.5. The molecular formula is C20H20ClN3O2S2. The summed E-state index contributed by atoms with van der Waals surface area (Å²) in [4.78, 5) is 18.3. The van der Waals surface area contributed by atoms with E-state index in [4.69, 9.17) is 28.6 Å². The molecule has 5 nitrogen and oxygen atoms in total. The number of carbonyl (C=O) groups is 1. The molecule has 28 heavy (non-hydrogen) atoms. The third-order valence-electron chi connectivity index (χ3n) is 4.93. The summed E-state index contributed by atoms with van der Waals surface area (Å²) >= 11 is 13.3. The number of thiocarbonyl (C=S) groups is 1. The first kappa shape index (κ1) is 19.4. The molecule has 0 unspecified atom stereocenters. The van der Waals surface area contributed by atoms with Crippen molar-refractivity contribution in [3.63, 3.8) is 0 Å². The molecule has 2 aliphatic rings.